The Kier molecular flexibility index (Phi) is 1.84. The molecule has 0 aromatic rings. The first-order valence-electron chi connectivity index (χ1n) is 4.78. The van der Waals surface area contributed by atoms with E-state index in [0.29, 0.717) is 0 Å². The summed E-state index contributed by atoms with van der Waals surface area (Å²) in [5.41, 5.74) is 1.51. The van der Waals surface area contributed by atoms with E-state index >= 15 is 0 Å². The first kappa shape index (κ1) is 8.06. The van der Waals surface area contributed by atoms with Crippen molar-refractivity contribution < 1.29 is 5.11 Å². The summed E-state index contributed by atoms with van der Waals surface area (Å²) >= 11 is 0. The number of rotatable bonds is 0. The van der Waals surface area contributed by atoms with E-state index in [1.165, 1.54) is 12.0 Å². The molecule has 1 saturated carbocycles. The van der Waals surface area contributed by atoms with Gasteiger partial charge in [0.1, 0.15) is 0 Å². The summed E-state index contributed by atoms with van der Waals surface area (Å²) in [5.74, 6) is 0. The normalized spacial score (nSPS) is 40.5. The van der Waals surface area contributed by atoms with Crippen molar-refractivity contribution in [3.8, 4) is 0 Å². The minimum Gasteiger partial charge on any atom is -0.392 e. The Balaban J connectivity index is 2.32. The van der Waals surface area contributed by atoms with Gasteiger partial charge >= 0.3 is 0 Å². The molecule has 0 radical (unpaired) electrons. The molecule has 0 aromatic heterocycles. The molecule has 1 nitrogen and oxygen atoms in total. The maximum atomic E-state index is 9.89. The van der Waals surface area contributed by atoms with Gasteiger partial charge in [-0.2, -0.15) is 0 Å². The Morgan fingerprint density at radius 2 is 2.42 bits per heavy atom. The summed E-state index contributed by atoms with van der Waals surface area (Å²) in [6.07, 6.45) is 10.7. The van der Waals surface area contributed by atoms with Crippen LogP contribution >= 0.6 is 0 Å². The van der Waals surface area contributed by atoms with Crippen LogP contribution in [0.15, 0.2) is 23.8 Å². The van der Waals surface area contributed by atoms with Crippen molar-refractivity contribution in [1.29, 1.82) is 0 Å². The van der Waals surface area contributed by atoms with Gasteiger partial charge in [-0.1, -0.05) is 30.7 Å². The first-order chi connectivity index (χ1) is 5.73. The van der Waals surface area contributed by atoms with Crippen LogP contribution in [0.2, 0.25) is 0 Å². The van der Waals surface area contributed by atoms with Gasteiger partial charge in [0.15, 0.2) is 0 Å². The lowest BCUT2D eigenvalue weighted by Gasteiger charge is -2.41. The van der Waals surface area contributed by atoms with E-state index in [-0.39, 0.29) is 11.5 Å². The van der Waals surface area contributed by atoms with E-state index in [2.05, 4.69) is 25.2 Å². The SMILES string of the molecule is CC12CC=CC=C1CCCC2O. The van der Waals surface area contributed by atoms with Gasteiger partial charge in [0.25, 0.3) is 0 Å². The number of fused-ring (bicyclic) bond motifs is 1. The molecule has 0 aromatic carbocycles. The van der Waals surface area contributed by atoms with Crippen LogP contribution in [-0.4, -0.2) is 11.2 Å². The highest BCUT2D eigenvalue weighted by atomic mass is 16.3. The summed E-state index contributed by atoms with van der Waals surface area (Å²) in [5, 5.41) is 9.89. The van der Waals surface area contributed by atoms with Crippen LogP contribution in [0.1, 0.15) is 32.6 Å². The molecule has 0 bridgehead atoms. The second kappa shape index (κ2) is 2.74. The maximum Gasteiger partial charge on any atom is 0.0634 e. The zero-order valence-electron chi connectivity index (χ0n) is 7.59. The molecule has 2 aliphatic carbocycles. The fourth-order valence-corrected chi connectivity index (χ4v) is 2.34. The van der Waals surface area contributed by atoms with E-state index < -0.39 is 0 Å². The van der Waals surface area contributed by atoms with E-state index in [9.17, 15) is 5.11 Å². The highest BCUT2D eigenvalue weighted by Crippen LogP contribution is 2.45. The van der Waals surface area contributed by atoms with Crippen LogP contribution in [-0.2, 0) is 0 Å². The molecule has 2 unspecified atom stereocenters. The summed E-state index contributed by atoms with van der Waals surface area (Å²) in [6.45, 7) is 2.19. The third-order valence-electron chi connectivity index (χ3n) is 3.37. The average Bonchev–Trinajstić information content (AvgIpc) is 2.07. The van der Waals surface area contributed by atoms with Crippen molar-refractivity contribution >= 4 is 0 Å². The number of hydrogen-bond donors (Lipinski definition) is 1. The molecular weight excluding hydrogens is 148 g/mol. The van der Waals surface area contributed by atoms with Crippen LogP contribution < -0.4 is 0 Å². The van der Waals surface area contributed by atoms with Gasteiger partial charge in [-0.15, -0.1) is 0 Å². The number of aliphatic hydroxyl groups is 1. The molecule has 12 heavy (non-hydrogen) atoms. The second-order valence-electron chi connectivity index (χ2n) is 4.15. The molecule has 1 N–H and O–H groups in total. The van der Waals surface area contributed by atoms with Crippen molar-refractivity contribution in [2.24, 2.45) is 5.41 Å². The van der Waals surface area contributed by atoms with E-state index in [4.69, 9.17) is 0 Å². The molecule has 1 fully saturated rings. The summed E-state index contributed by atoms with van der Waals surface area (Å²) in [6, 6.07) is 0. The smallest absolute Gasteiger partial charge is 0.0634 e. The Hall–Kier alpha value is -0.560. The Bertz CT molecular complexity index is 239. The van der Waals surface area contributed by atoms with Crippen LogP contribution in [0.3, 0.4) is 0 Å². The molecule has 0 spiro atoms. The lowest BCUT2D eigenvalue weighted by Crippen LogP contribution is -2.37. The maximum absolute atomic E-state index is 9.89. The lowest BCUT2D eigenvalue weighted by atomic mass is 9.66. The van der Waals surface area contributed by atoms with Gasteiger partial charge in [-0.05, 0) is 25.7 Å². The molecule has 0 heterocycles. The van der Waals surface area contributed by atoms with Crippen molar-refractivity contribution in [3.05, 3.63) is 23.8 Å². The second-order valence-corrected chi connectivity index (χ2v) is 4.15. The Labute approximate surface area is 73.8 Å². The number of allylic oxidation sites excluding steroid dienone is 3. The first-order valence-corrected chi connectivity index (χ1v) is 4.78. The van der Waals surface area contributed by atoms with Crippen molar-refractivity contribution in [3.63, 3.8) is 0 Å². The fourth-order valence-electron chi connectivity index (χ4n) is 2.34. The van der Waals surface area contributed by atoms with Gasteiger partial charge in [-0.3, -0.25) is 0 Å². The van der Waals surface area contributed by atoms with Gasteiger partial charge in [-0.25, -0.2) is 0 Å². The molecule has 2 atom stereocenters. The predicted molar refractivity (Wildman–Crippen MR) is 49.8 cm³/mol. The standard InChI is InChI=1S/C11H16O/c1-11-8-3-2-5-9(11)6-4-7-10(11)12/h2-3,5,10,12H,4,6-8H2,1H3. The zero-order valence-corrected chi connectivity index (χ0v) is 7.59. The molecular formula is C11H16O. The van der Waals surface area contributed by atoms with Crippen LogP contribution in [0.25, 0.3) is 0 Å². The Morgan fingerprint density at radius 3 is 3.17 bits per heavy atom. The number of aliphatic hydroxyl groups excluding tert-OH is 1. The van der Waals surface area contributed by atoms with Gasteiger partial charge in [0, 0.05) is 5.41 Å². The van der Waals surface area contributed by atoms with Crippen LogP contribution in [0, 0.1) is 5.41 Å². The van der Waals surface area contributed by atoms with E-state index in [0.717, 1.165) is 19.3 Å². The van der Waals surface area contributed by atoms with E-state index in [1.807, 2.05) is 0 Å². The quantitative estimate of drug-likeness (QED) is 0.583. The van der Waals surface area contributed by atoms with Crippen molar-refractivity contribution in [1.82, 2.24) is 0 Å². The predicted octanol–water partition coefficient (Wildman–Crippen LogP) is 2.42. The van der Waals surface area contributed by atoms with Crippen molar-refractivity contribution in [2.45, 2.75) is 38.7 Å². The highest BCUT2D eigenvalue weighted by Gasteiger charge is 2.38. The highest BCUT2D eigenvalue weighted by molar-refractivity contribution is 5.28. The molecule has 0 amide bonds. The molecule has 66 valence electrons. The van der Waals surface area contributed by atoms with Gasteiger partial charge in [0.2, 0.25) is 0 Å². The van der Waals surface area contributed by atoms with E-state index in [1.54, 1.807) is 0 Å². The minimum atomic E-state index is -0.123. The van der Waals surface area contributed by atoms with Gasteiger partial charge in [0.05, 0.1) is 6.10 Å². The van der Waals surface area contributed by atoms with Crippen LogP contribution in [0.5, 0.6) is 0 Å². The van der Waals surface area contributed by atoms with Crippen molar-refractivity contribution in [2.75, 3.05) is 0 Å². The summed E-state index contributed by atoms with van der Waals surface area (Å²) in [7, 11) is 0. The lowest BCUT2D eigenvalue weighted by molar-refractivity contribution is 0.0373. The molecule has 0 saturated heterocycles. The summed E-state index contributed by atoms with van der Waals surface area (Å²) < 4.78 is 0. The Morgan fingerprint density at radius 1 is 1.58 bits per heavy atom. The van der Waals surface area contributed by atoms with Gasteiger partial charge < -0.3 is 5.11 Å². The topological polar surface area (TPSA) is 20.2 Å². The number of hydrogen-bond acceptors (Lipinski definition) is 1. The third kappa shape index (κ3) is 1.04. The fraction of sp³-hybridized carbons (Fsp3) is 0.636. The third-order valence-corrected chi connectivity index (χ3v) is 3.37. The molecule has 2 rings (SSSR count). The molecule has 0 aliphatic heterocycles. The molecule has 2 aliphatic rings. The average molecular weight is 164 g/mol. The monoisotopic (exact) mass is 164 g/mol. The molecule has 1 heteroatoms. The largest absolute Gasteiger partial charge is 0.392 e. The summed E-state index contributed by atoms with van der Waals surface area (Å²) in [4.78, 5) is 0. The zero-order chi connectivity index (χ0) is 8.60. The minimum absolute atomic E-state index is 0.0625. The van der Waals surface area contributed by atoms with Crippen LogP contribution in [0.4, 0.5) is 0 Å².